The van der Waals surface area contributed by atoms with Crippen LogP contribution in [-0.2, 0) is 0 Å². The van der Waals surface area contributed by atoms with Crippen molar-refractivity contribution in [1.82, 2.24) is 15.2 Å². The van der Waals surface area contributed by atoms with E-state index < -0.39 is 0 Å². The quantitative estimate of drug-likeness (QED) is 0.465. The standard InChI is InChI=1S/C23H20N4O5/c1-29-18-12-15(13-19(30-2)20(18)31-3)21(28)25-16-9-7-14(8-10-16)22-26-27-23(32-22)17-6-4-5-11-24-17/h4-13H,1-3H3,(H,25,28). The third-order valence-electron chi connectivity index (χ3n) is 4.63. The number of pyridine rings is 1. The van der Waals surface area contributed by atoms with Crippen LogP contribution in [0.4, 0.5) is 5.69 Å². The van der Waals surface area contributed by atoms with Gasteiger partial charge >= 0.3 is 0 Å². The van der Waals surface area contributed by atoms with Gasteiger partial charge in [-0.15, -0.1) is 10.2 Å². The first kappa shape index (κ1) is 20.9. The van der Waals surface area contributed by atoms with Crippen LogP contribution in [0.5, 0.6) is 17.2 Å². The lowest BCUT2D eigenvalue weighted by Gasteiger charge is -2.14. The lowest BCUT2D eigenvalue weighted by molar-refractivity contribution is 0.102. The Kier molecular flexibility index (Phi) is 5.98. The van der Waals surface area contributed by atoms with Gasteiger partial charge in [-0.2, -0.15) is 0 Å². The Hall–Kier alpha value is -4.40. The number of ether oxygens (including phenoxy) is 3. The number of nitrogens with one attached hydrogen (secondary N) is 1. The van der Waals surface area contributed by atoms with Gasteiger partial charge in [0.05, 0.1) is 21.3 Å². The van der Waals surface area contributed by atoms with Crippen molar-refractivity contribution < 1.29 is 23.4 Å². The molecule has 0 radical (unpaired) electrons. The van der Waals surface area contributed by atoms with E-state index in [0.29, 0.717) is 51.5 Å². The van der Waals surface area contributed by atoms with Crippen molar-refractivity contribution in [2.75, 3.05) is 26.6 Å². The van der Waals surface area contributed by atoms with Gasteiger partial charge in [0.1, 0.15) is 5.69 Å². The van der Waals surface area contributed by atoms with Crippen LogP contribution in [-0.4, -0.2) is 42.4 Å². The van der Waals surface area contributed by atoms with Gasteiger partial charge in [0.25, 0.3) is 11.8 Å². The second-order valence-electron chi connectivity index (χ2n) is 6.57. The minimum absolute atomic E-state index is 0.327. The van der Waals surface area contributed by atoms with Crippen molar-refractivity contribution in [2.45, 2.75) is 0 Å². The summed E-state index contributed by atoms with van der Waals surface area (Å²) in [5.41, 5.74) is 2.27. The van der Waals surface area contributed by atoms with E-state index in [4.69, 9.17) is 18.6 Å². The average molecular weight is 432 g/mol. The molecule has 0 saturated heterocycles. The molecule has 162 valence electrons. The fraction of sp³-hybridized carbons (Fsp3) is 0.130. The number of amides is 1. The number of nitrogens with zero attached hydrogens (tertiary/aromatic N) is 3. The Morgan fingerprint density at radius 3 is 2.16 bits per heavy atom. The molecule has 2 aromatic carbocycles. The lowest BCUT2D eigenvalue weighted by Crippen LogP contribution is -2.12. The van der Waals surface area contributed by atoms with Gasteiger partial charge in [-0.3, -0.25) is 9.78 Å². The fourth-order valence-corrected chi connectivity index (χ4v) is 3.04. The van der Waals surface area contributed by atoms with Crippen molar-refractivity contribution in [3.63, 3.8) is 0 Å². The summed E-state index contributed by atoms with van der Waals surface area (Å²) in [5.74, 6) is 1.57. The highest BCUT2D eigenvalue weighted by Crippen LogP contribution is 2.38. The zero-order chi connectivity index (χ0) is 22.5. The van der Waals surface area contributed by atoms with Gasteiger partial charge in [0.2, 0.25) is 11.6 Å². The maximum atomic E-state index is 12.8. The molecule has 0 bridgehead atoms. The second kappa shape index (κ2) is 9.17. The van der Waals surface area contributed by atoms with Crippen molar-refractivity contribution in [2.24, 2.45) is 0 Å². The molecule has 0 fully saturated rings. The summed E-state index contributed by atoms with van der Waals surface area (Å²) < 4.78 is 21.6. The summed E-state index contributed by atoms with van der Waals surface area (Å²) in [4.78, 5) is 17.0. The van der Waals surface area contributed by atoms with Crippen LogP contribution in [0.25, 0.3) is 23.0 Å². The van der Waals surface area contributed by atoms with Crippen molar-refractivity contribution >= 4 is 11.6 Å². The van der Waals surface area contributed by atoms with Gasteiger partial charge in [-0.05, 0) is 48.5 Å². The monoisotopic (exact) mass is 432 g/mol. The summed E-state index contributed by atoms with van der Waals surface area (Å²) >= 11 is 0. The first-order valence-corrected chi connectivity index (χ1v) is 9.59. The summed E-state index contributed by atoms with van der Waals surface area (Å²) in [6.45, 7) is 0. The summed E-state index contributed by atoms with van der Waals surface area (Å²) in [5, 5.41) is 10.9. The van der Waals surface area contributed by atoms with E-state index in [1.165, 1.54) is 21.3 Å². The third kappa shape index (κ3) is 4.22. The van der Waals surface area contributed by atoms with Crippen LogP contribution < -0.4 is 19.5 Å². The first-order valence-electron chi connectivity index (χ1n) is 9.59. The minimum Gasteiger partial charge on any atom is -0.493 e. The Morgan fingerprint density at radius 1 is 0.875 bits per heavy atom. The van der Waals surface area contributed by atoms with Crippen LogP contribution in [0.3, 0.4) is 0 Å². The highest BCUT2D eigenvalue weighted by Gasteiger charge is 2.17. The van der Waals surface area contributed by atoms with E-state index >= 15 is 0 Å². The molecule has 9 nitrogen and oxygen atoms in total. The number of benzene rings is 2. The molecular weight excluding hydrogens is 412 g/mol. The summed E-state index contributed by atoms with van der Waals surface area (Å²) in [6, 6.07) is 15.7. The largest absolute Gasteiger partial charge is 0.493 e. The maximum absolute atomic E-state index is 12.8. The molecule has 0 saturated carbocycles. The normalized spacial score (nSPS) is 10.5. The molecule has 0 aliphatic carbocycles. The predicted octanol–water partition coefficient (Wildman–Crippen LogP) is 4.08. The van der Waals surface area contributed by atoms with Crippen LogP contribution in [0.1, 0.15) is 10.4 Å². The molecule has 1 amide bonds. The lowest BCUT2D eigenvalue weighted by atomic mass is 10.1. The molecule has 32 heavy (non-hydrogen) atoms. The molecular formula is C23H20N4O5. The van der Waals surface area contributed by atoms with Gasteiger partial charge in [-0.25, -0.2) is 0 Å². The van der Waals surface area contributed by atoms with E-state index in [1.807, 2.05) is 12.1 Å². The first-order chi connectivity index (χ1) is 15.6. The smallest absolute Gasteiger partial charge is 0.266 e. The van der Waals surface area contributed by atoms with Gasteiger partial charge in [0.15, 0.2) is 11.5 Å². The number of rotatable bonds is 7. The third-order valence-corrected chi connectivity index (χ3v) is 4.63. The maximum Gasteiger partial charge on any atom is 0.266 e. The molecule has 0 aliphatic rings. The number of carbonyl (C=O) groups excluding carboxylic acids is 1. The van der Waals surface area contributed by atoms with E-state index in [9.17, 15) is 4.79 Å². The molecule has 0 aliphatic heterocycles. The van der Waals surface area contributed by atoms with E-state index in [-0.39, 0.29) is 5.91 Å². The molecule has 2 aromatic heterocycles. The topological polar surface area (TPSA) is 109 Å². The second-order valence-corrected chi connectivity index (χ2v) is 6.57. The van der Waals surface area contributed by atoms with Crippen LogP contribution in [0, 0.1) is 0 Å². The molecule has 2 heterocycles. The van der Waals surface area contributed by atoms with Gasteiger partial charge in [-0.1, -0.05) is 6.07 Å². The molecule has 4 rings (SSSR count). The van der Waals surface area contributed by atoms with E-state index in [2.05, 4.69) is 20.5 Å². The van der Waals surface area contributed by atoms with Crippen LogP contribution in [0.2, 0.25) is 0 Å². The summed E-state index contributed by atoms with van der Waals surface area (Å²) in [6.07, 6.45) is 1.66. The molecule has 4 aromatic rings. The number of carbonyl (C=O) groups is 1. The Labute approximate surface area is 184 Å². The Bertz CT molecular complexity index is 1200. The van der Waals surface area contributed by atoms with E-state index in [0.717, 1.165) is 0 Å². The van der Waals surface area contributed by atoms with Crippen LogP contribution in [0.15, 0.2) is 65.2 Å². The Morgan fingerprint density at radius 2 is 1.56 bits per heavy atom. The highest BCUT2D eigenvalue weighted by molar-refractivity contribution is 6.05. The molecule has 0 unspecified atom stereocenters. The SMILES string of the molecule is COc1cc(C(=O)Nc2ccc(-c3nnc(-c4ccccn4)o3)cc2)cc(OC)c1OC. The van der Waals surface area contributed by atoms with Gasteiger partial charge < -0.3 is 23.9 Å². The van der Waals surface area contributed by atoms with Crippen molar-refractivity contribution in [1.29, 1.82) is 0 Å². The predicted molar refractivity (Wildman–Crippen MR) is 117 cm³/mol. The number of aromatic nitrogens is 3. The van der Waals surface area contributed by atoms with E-state index in [1.54, 1.807) is 48.7 Å². The van der Waals surface area contributed by atoms with Gasteiger partial charge in [0, 0.05) is 23.0 Å². The van der Waals surface area contributed by atoms with Crippen molar-refractivity contribution in [3.8, 4) is 40.3 Å². The molecule has 1 N–H and O–H groups in total. The molecule has 0 atom stereocenters. The molecule has 9 heteroatoms. The number of hydrogen-bond donors (Lipinski definition) is 1. The minimum atomic E-state index is -0.327. The number of hydrogen-bond acceptors (Lipinski definition) is 8. The zero-order valence-electron chi connectivity index (χ0n) is 17.7. The highest BCUT2D eigenvalue weighted by atomic mass is 16.5. The average Bonchev–Trinajstić information content (AvgIpc) is 3.34. The molecule has 0 spiro atoms. The number of methoxy groups -OCH3 is 3. The fourth-order valence-electron chi connectivity index (χ4n) is 3.04. The summed E-state index contributed by atoms with van der Waals surface area (Å²) in [7, 11) is 4.49. The number of anilines is 1. The Balaban J connectivity index is 1.51. The zero-order valence-corrected chi connectivity index (χ0v) is 17.7. The van der Waals surface area contributed by atoms with Crippen molar-refractivity contribution in [3.05, 3.63) is 66.4 Å². The van der Waals surface area contributed by atoms with Crippen LogP contribution >= 0.6 is 0 Å².